The minimum Gasteiger partial charge on any atom is -0.461 e. The molecule has 0 saturated carbocycles. The predicted molar refractivity (Wildman–Crippen MR) is 121 cm³/mol. The number of nitrogens with two attached hydrogens (primary N) is 1. The van der Waals surface area contributed by atoms with E-state index in [1.165, 1.54) is 6.92 Å². The largest absolute Gasteiger partial charge is 0.461 e. The highest BCUT2D eigenvalue weighted by molar-refractivity contribution is 5.82. The SMILES string of the molecule is C=C(Nc1ccc(COC(C)=O)cc1)[C@H](CCCNC(N)=O)NC(=O)C(NC)C(C)C. The molecular weight excluding hydrogens is 398 g/mol. The van der Waals surface area contributed by atoms with Crippen LogP contribution in [0, 0.1) is 5.92 Å². The second kappa shape index (κ2) is 13.3. The van der Waals surface area contributed by atoms with Crippen molar-refractivity contribution in [2.45, 2.75) is 52.3 Å². The number of hydrogen-bond acceptors (Lipinski definition) is 6. The number of benzene rings is 1. The Morgan fingerprint density at radius 1 is 1.16 bits per heavy atom. The highest BCUT2D eigenvalue weighted by Crippen LogP contribution is 2.16. The number of anilines is 1. The Hall–Kier alpha value is -3.07. The summed E-state index contributed by atoms with van der Waals surface area (Å²) in [6, 6.07) is 6.13. The van der Waals surface area contributed by atoms with Crippen molar-refractivity contribution in [1.29, 1.82) is 0 Å². The van der Waals surface area contributed by atoms with Crippen LogP contribution in [0.1, 0.15) is 39.2 Å². The van der Waals surface area contributed by atoms with Crippen LogP contribution in [0.3, 0.4) is 0 Å². The van der Waals surface area contributed by atoms with Crippen molar-refractivity contribution in [2.75, 3.05) is 18.9 Å². The first-order chi connectivity index (χ1) is 14.6. The number of ether oxygens (including phenoxy) is 1. The van der Waals surface area contributed by atoms with E-state index >= 15 is 0 Å². The number of hydrogen-bond donors (Lipinski definition) is 5. The third-order valence-corrected chi connectivity index (χ3v) is 4.67. The summed E-state index contributed by atoms with van der Waals surface area (Å²) in [5.74, 6) is -0.334. The van der Waals surface area contributed by atoms with Gasteiger partial charge in [0.25, 0.3) is 0 Å². The molecule has 9 heteroatoms. The molecule has 1 rings (SSSR count). The Labute approximate surface area is 184 Å². The van der Waals surface area contributed by atoms with Crippen molar-refractivity contribution < 1.29 is 19.1 Å². The maximum absolute atomic E-state index is 12.7. The number of carbonyl (C=O) groups excluding carboxylic acids is 3. The maximum Gasteiger partial charge on any atom is 0.312 e. The minimum absolute atomic E-state index is 0.119. The highest BCUT2D eigenvalue weighted by atomic mass is 16.5. The monoisotopic (exact) mass is 433 g/mol. The summed E-state index contributed by atoms with van der Waals surface area (Å²) in [7, 11) is 1.75. The van der Waals surface area contributed by atoms with Crippen LogP contribution < -0.4 is 27.0 Å². The van der Waals surface area contributed by atoms with E-state index in [1.807, 2.05) is 38.1 Å². The Bertz CT molecular complexity index is 749. The zero-order valence-electron chi connectivity index (χ0n) is 18.8. The number of likely N-dealkylation sites (N-methyl/N-ethyl adjacent to an activating group) is 1. The second-order valence-corrected chi connectivity index (χ2v) is 7.63. The van der Waals surface area contributed by atoms with E-state index in [4.69, 9.17) is 10.5 Å². The number of nitrogens with one attached hydrogen (secondary N) is 4. The lowest BCUT2D eigenvalue weighted by Gasteiger charge is -2.26. The third-order valence-electron chi connectivity index (χ3n) is 4.67. The molecule has 0 fully saturated rings. The summed E-state index contributed by atoms with van der Waals surface area (Å²) < 4.78 is 4.99. The van der Waals surface area contributed by atoms with Crippen molar-refractivity contribution in [3.8, 4) is 0 Å². The Morgan fingerprint density at radius 3 is 2.32 bits per heavy atom. The minimum atomic E-state index is -0.582. The zero-order chi connectivity index (χ0) is 23.4. The van der Waals surface area contributed by atoms with Crippen molar-refractivity contribution >= 4 is 23.6 Å². The number of primary amides is 1. The van der Waals surface area contributed by atoms with E-state index < -0.39 is 6.03 Å². The van der Waals surface area contributed by atoms with Crippen LogP contribution >= 0.6 is 0 Å². The van der Waals surface area contributed by atoms with E-state index in [-0.39, 0.29) is 36.5 Å². The van der Waals surface area contributed by atoms with E-state index in [0.717, 1.165) is 11.3 Å². The van der Waals surface area contributed by atoms with Gasteiger partial charge in [0, 0.05) is 24.9 Å². The molecule has 0 heterocycles. The zero-order valence-corrected chi connectivity index (χ0v) is 18.8. The van der Waals surface area contributed by atoms with E-state index in [0.29, 0.717) is 25.1 Å². The molecular formula is C22H35N5O4. The van der Waals surface area contributed by atoms with E-state index in [1.54, 1.807) is 7.05 Å². The highest BCUT2D eigenvalue weighted by Gasteiger charge is 2.24. The van der Waals surface area contributed by atoms with Gasteiger partial charge in [0.15, 0.2) is 0 Å². The van der Waals surface area contributed by atoms with Crippen molar-refractivity contribution in [3.05, 3.63) is 42.1 Å². The summed E-state index contributed by atoms with van der Waals surface area (Å²) in [6.45, 7) is 10.0. The summed E-state index contributed by atoms with van der Waals surface area (Å²) in [4.78, 5) is 34.5. The Morgan fingerprint density at radius 2 is 1.81 bits per heavy atom. The van der Waals surface area contributed by atoms with Gasteiger partial charge >= 0.3 is 12.0 Å². The summed E-state index contributed by atoms with van der Waals surface area (Å²) in [5, 5.41) is 11.8. The normalized spacial score (nSPS) is 12.5. The van der Waals surface area contributed by atoms with Gasteiger partial charge in [-0.3, -0.25) is 9.59 Å². The van der Waals surface area contributed by atoms with Crippen LogP contribution in [0.5, 0.6) is 0 Å². The molecule has 172 valence electrons. The standard InChI is InChI=1S/C22H35N5O4/c1-14(2)20(24-5)21(29)27-19(7-6-12-25-22(23)30)15(3)26-18-10-8-17(9-11-18)13-31-16(4)28/h8-11,14,19-20,24,26H,3,6-7,12-13H2,1-2,4-5H3,(H,27,29)(H3,23,25,30)/t19-,20?/m0/s1. The van der Waals surface area contributed by atoms with Crippen LogP contribution in [0.25, 0.3) is 0 Å². The van der Waals surface area contributed by atoms with Gasteiger partial charge in [-0.25, -0.2) is 4.79 Å². The molecule has 1 unspecified atom stereocenters. The molecule has 0 spiro atoms. The number of amides is 3. The molecule has 0 aliphatic carbocycles. The maximum atomic E-state index is 12.7. The van der Waals surface area contributed by atoms with Crippen LogP contribution in [0.15, 0.2) is 36.5 Å². The van der Waals surface area contributed by atoms with Crippen LogP contribution in [-0.4, -0.2) is 43.6 Å². The van der Waals surface area contributed by atoms with E-state index in [9.17, 15) is 14.4 Å². The molecule has 0 aliphatic rings. The summed E-state index contributed by atoms with van der Waals surface area (Å²) >= 11 is 0. The lowest BCUT2D eigenvalue weighted by molar-refractivity contribution is -0.142. The molecule has 0 saturated heterocycles. The van der Waals surface area contributed by atoms with Gasteiger partial charge in [-0.1, -0.05) is 32.6 Å². The number of esters is 1. The fraction of sp³-hybridized carbons (Fsp3) is 0.500. The lowest BCUT2D eigenvalue weighted by Crippen LogP contribution is -2.50. The molecule has 1 aromatic rings. The molecule has 0 bridgehead atoms. The molecule has 0 aliphatic heterocycles. The van der Waals surface area contributed by atoms with Gasteiger partial charge in [-0.2, -0.15) is 0 Å². The average molecular weight is 434 g/mol. The fourth-order valence-electron chi connectivity index (χ4n) is 3.02. The Kier molecular flexibility index (Phi) is 11.1. The molecule has 31 heavy (non-hydrogen) atoms. The molecule has 9 nitrogen and oxygen atoms in total. The molecule has 3 amide bonds. The van der Waals surface area contributed by atoms with Gasteiger partial charge in [-0.15, -0.1) is 0 Å². The number of carbonyl (C=O) groups is 3. The Balaban J connectivity index is 2.80. The molecule has 0 radical (unpaired) electrons. The smallest absolute Gasteiger partial charge is 0.312 e. The lowest BCUT2D eigenvalue weighted by atomic mass is 10.0. The topological polar surface area (TPSA) is 135 Å². The van der Waals surface area contributed by atoms with Crippen molar-refractivity contribution in [1.82, 2.24) is 16.0 Å². The number of rotatable bonds is 13. The average Bonchev–Trinajstić information content (AvgIpc) is 2.69. The second-order valence-electron chi connectivity index (χ2n) is 7.63. The van der Waals surface area contributed by atoms with Gasteiger partial charge in [0.1, 0.15) is 6.61 Å². The molecule has 6 N–H and O–H groups in total. The first kappa shape index (κ1) is 26.0. The number of urea groups is 1. The quantitative estimate of drug-likeness (QED) is 0.238. The van der Waals surface area contributed by atoms with Crippen LogP contribution in [0.2, 0.25) is 0 Å². The summed E-state index contributed by atoms with van der Waals surface area (Å²) in [6.07, 6.45) is 1.18. The van der Waals surface area contributed by atoms with Gasteiger partial charge in [-0.05, 0) is 43.5 Å². The molecule has 1 aromatic carbocycles. The van der Waals surface area contributed by atoms with Crippen LogP contribution in [0.4, 0.5) is 10.5 Å². The first-order valence-corrected chi connectivity index (χ1v) is 10.3. The van der Waals surface area contributed by atoms with Gasteiger partial charge in [0.05, 0.1) is 12.1 Å². The van der Waals surface area contributed by atoms with Gasteiger partial charge < -0.3 is 31.7 Å². The van der Waals surface area contributed by atoms with Crippen molar-refractivity contribution in [2.24, 2.45) is 11.7 Å². The predicted octanol–water partition coefficient (Wildman–Crippen LogP) is 1.85. The first-order valence-electron chi connectivity index (χ1n) is 10.3. The van der Waals surface area contributed by atoms with Crippen LogP contribution in [-0.2, 0) is 20.9 Å². The third kappa shape index (κ3) is 9.99. The van der Waals surface area contributed by atoms with E-state index in [2.05, 4.69) is 27.8 Å². The van der Waals surface area contributed by atoms with Crippen molar-refractivity contribution in [3.63, 3.8) is 0 Å². The van der Waals surface area contributed by atoms with Gasteiger partial charge in [0.2, 0.25) is 5.91 Å². The fourth-order valence-corrected chi connectivity index (χ4v) is 3.02. The molecule has 2 atom stereocenters. The summed E-state index contributed by atoms with van der Waals surface area (Å²) in [5.41, 5.74) is 7.39. The molecule has 0 aromatic heterocycles.